The molecule has 1 unspecified atom stereocenters. The van der Waals surface area contributed by atoms with Crippen LogP contribution in [0.2, 0.25) is 0 Å². The van der Waals surface area contributed by atoms with Crippen LogP contribution in [0.3, 0.4) is 0 Å². The lowest BCUT2D eigenvalue weighted by Gasteiger charge is -2.55. The van der Waals surface area contributed by atoms with Gasteiger partial charge in [-0.15, -0.1) is 0 Å². The summed E-state index contributed by atoms with van der Waals surface area (Å²) in [5.74, 6) is 0.494. The van der Waals surface area contributed by atoms with E-state index in [4.69, 9.17) is 4.74 Å². The summed E-state index contributed by atoms with van der Waals surface area (Å²) in [6.07, 6.45) is -1.25. The third kappa shape index (κ3) is 1.49. The fourth-order valence-corrected chi connectivity index (χ4v) is 2.55. The van der Waals surface area contributed by atoms with Gasteiger partial charge < -0.3 is 14.9 Å². The molecule has 0 bridgehead atoms. The monoisotopic (exact) mass is 188 g/mol. The van der Waals surface area contributed by atoms with Crippen molar-refractivity contribution in [3.63, 3.8) is 0 Å². The molecular weight excluding hydrogens is 168 g/mol. The van der Waals surface area contributed by atoms with Crippen LogP contribution in [-0.2, 0) is 4.74 Å². The molecule has 0 radical (unpaired) electrons. The lowest BCUT2D eigenvalue weighted by Crippen LogP contribution is -2.64. The molecule has 0 saturated carbocycles. The predicted molar refractivity (Wildman–Crippen MR) is 50.1 cm³/mol. The van der Waals surface area contributed by atoms with Crippen molar-refractivity contribution in [1.29, 1.82) is 0 Å². The van der Waals surface area contributed by atoms with E-state index in [2.05, 4.69) is 27.7 Å². The van der Waals surface area contributed by atoms with Crippen LogP contribution in [0.4, 0.5) is 0 Å². The summed E-state index contributed by atoms with van der Waals surface area (Å²) in [5.41, 5.74) is -0.339. The third-order valence-corrected chi connectivity index (χ3v) is 3.26. The molecule has 0 spiro atoms. The van der Waals surface area contributed by atoms with E-state index in [0.717, 1.165) is 0 Å². The largest absolute Gasteiger partial charge is 0.373 e. The molecule has 1 aliphatic rings. The molecule has 0 aliphatic carbocycles. The van der Waals surface area contributed by atoms with Gasteiger partial charge in [-0.05, 0) is 11.8 Å². The maximum absolute atomic E-state index is 9.18. The number of aliphatic hydroxyl groups is 2. The van der Waals surface area contributed by atoms with E-state index in [1.165, 1.54) is 0 Å². The Labute approximate surface area is 79.7 Å². The zero-order valence-electron chi connectivity index (χ0n) is 8.82. The lowest BCUT2D eigenvalue weighted by molar-refractivity contribution is -0.307. The van der Waals surface area contributed by atoms with Crippen molar-refractivity contribution in [3.05, 3.63) is 0 Å². The van der Waals surface area contributed by atoms with Gasteiger partial charge in [-0.1, -0.05) is 27.7 Å². The van der Waals surface area contributed by atoms with Gasteiger partial charge in [0, 0.05) is 0 Å². The van der Waals surface area contributed by atoms with E-state index in [9.17, 15) is 10.2 Å². The first-order valence-corrected chi connectivity index (χ1v) is 4.93. The number of hydrogen-bond acceptors (Lipinski definition) is 3. The lowest BCUT2D eigenvalue weighted by atomic mass is 9.67. The molecule has 1 fully saturated rings. The van der Waals surface area contributed by atoms with Gasteiger partial charge >= 0.3 is 0 Å². The molecule has 2 N–H and O–H groups in total. The Morgan fingerprint density at radius 3 is 1.69 bits per heavy atom. The van der Waals surface area contributed by atoms with E-state index in [1.54, 1.807) is 0 Å². The Morgan fingerprint density at radius 1 is 1.15 bits per heavy atom. The molecule has 3 heteroatoms. The first-order valence-electron chi connectivity index (χ1n) is 4.93. The van der Waals surface area contributed by atoms with Crippen molar-refractivity contribution in [3.8, 4) is 0 Å². The van der Waals surface area contributed by atoms with E-state index in [1.807, 2.05) is 0 Å². The Kier molecular flexibility index (Phi) is 3.00. The van der Waals surface area contributed by atoms with Gasteiger partial charge in [-0.2, -0.15) is 0 Å². The molecule has 1 rings (SSSR count). The zero-order valence-corrected chi connectivity index (χ0v) is 8.82. The van der Waals surface area contributed by atoms with Crippen molar-refractivity contribution in [2.75, 3.05) is 6.61 Å². The Balaban J connectivity index is 2.81. The first-order chi connectivity index (χ1) is 5.93. The van der Waals surface area contributed by atoms with Crippen LogP contribution in [0.1, 0.15) is 27.7 Å². The Bertz CT molecular complexity index is 167. The molecule has 0 aromatic carbocycles. The summed E-state index contributed by atoms with van der Waals surface area (Å²) in [4.78, 5) is 0. The summed E-state index contributed by atoms with van der Waals surface area (Å²) >= 11 is 0. The second kappa shape index (κ2) is 3.56. The Hall–Kier alpha value is -0.120. The van der Waals surface area contributed by atoms with Crippen molar-refractivity contribution in [2.24, 2.45) is 17.8 Å². The highest BCUT2D eigenvalue weighted by Crippen LogP contribution is 2.46. The molecule has 0 aromatic heterocycles. The van der Waals surface area contributed by atoms with Gasteiger partial charge in [0.05, 0.1) is 18.1 Å². The van der Waals surface area contributed by atoms with Crippen molar-refractivity contribution >= 4 is 0 Å². The molecule has 78 valence electrons. The van der Waals surface area contributed by atoms with Crippen LogP contribution >= 0.6 is 0 Å². The van der Waals surface area contributed by atoms with Gasteiger partial charge in [0.25, 0.3) is 0 Å². The fourth-order valence-electron chi connectivity index (χ4n) is 2.55. The second-order valence-electron chi connectivity index (χ2n) is 4.49. The molecule has 3 nitrogen and oxygen atoms in total. The van der Waals surface area contributed by atoms with Gasteiger partial charge in [-0.25, -0.2) is 0 Å². The number of ether oxygens (including phenoxy) is 1. The predicted octanol–water partition coefficient (Wildman–Crippen LogP) is 0.994. The minimum absolute atomic E-state index is 0.132. The van der Waals surface area contributed by atoms with Crippen LogP contribution in [0.5, 0.6) is 0 Å². The van der Waals surface area contributed by atoms with Crippen LogP contribution in [0.25, 0.3) is 0 Å². The van der Waals surface area contributed by atoms with Crippen LogP contribution in [0.15, 0.2) is 0 Å². The maximum Gasteiger partial charge on any atom is 0.159 e. The normalized spacial score (nSPS) is 27.0. The SMILES string of the molecule is CC(C)C1(C(C)C)OCC1C(O)O. The minimum Gasteiger partial charge on any atom is -0.373 e. The molecule has 0 amide bonds. The highest BCUT2D eigenvalue weighted by molar-refractivity contribution is 5.00. The van der Waals surface area contributed by atoms with E-state index >= 15 is 0 Å². The molecule has 0 aromatic rings. The van der Waals surface area contributed by atoms with Gasteiger partial charge in [0.15, 0.2) is 6.29 Å². The molecule has 13 heavy (non-hydrogen) atoms. The van der Waals surface area contributed by atoms with E-state index in [-0.39, 0.29) is 11.5 Å². The molecular formula is C10H20O3. The fraction of sp³-hybridized carbons (Fsp3) is 1.00. The molecule has 1 saturated heterocycles. The van der Waals surface area contributed by atoms with Gasteiger partial charge in [0.1, 0.15) is 0 Å². The van der Waals surface area contributed by atoms with Gasteiger partial charge in [-0.3, -0.25) is 0 Å². The van der Waals surface area contributed by atoms with E-state index < -0.39 is 6.29 Å². The third-order valence-electron chi connectivity index (χ3n) is 3.26. The van der Waals surface area contributed by atoms with Crippen LogP contribution in [0, 0.1) is 17.8 Å². The molecule has 1 heterocycles. The zero-order chi connectivity index (χ0) is 10.2. The highest BCUT2D eigenvalue weighted by Gasteiger charge is 2.55. The number of hydrogen-bond donors (Lipinski definition) is 2. The summed E-state index contributed by atoms with van der Waals surface area (Å²) in [7, 11) is 0. The quantitative estimate of drug-likeness (QED) is 0.649. The average molecular weight is 188 g/mol. The standard InChI is InChI=1S/C10H20O3/c1-6(2)10(7(3)4)8(5-13-10)9(11)12/h6-9,11-12H,5H2,1-4H3. The molecule has 1 atom stereocenters. The summed E-state index contributed by atoms with van der Waals surface area (Å²) in [5, 5.41) is 18.4. The van der Waals surface area contributed by atoms with Crippen molar-refractivity contribution in [2.45, 2.75) is 39.6 Å². The van der Waals surface area contributed by atoms with Gasteiger partial charge in [0.2, 0.25) is 0 Å². The summed E-state index contributed by atoms with van der Waals surface area (Å²) in [6.45, 7) is 8.72. The average Bonchev–Trinajstić information content (AvgIpc) is 1.80. The van der Waals surface area contributed by atoms with Crippen molar-refractivity contribution < 1.29 is 14.9 Å². The van der Waals surface area contributed by atoms with E-state index in [0.29, 0.717) is 18.4 Å². The minimum atomic E-state index is -1.25. The Morgan fingerprint density at radius 2 is 1.62 bits per heavy atom. The first kappa shape index (κ1) is 11.0. The van der Waals surface area contributed by atoms with Crippen LogP contribution in [-0.4, -0.2) is 28.7 Å². The summed E-state index contributed by atoms with van der Waals surface area (Å²) < 4.78 is 5.60. The number of aliphatic hydroxyl groups excluding tert-OH is 1. The smallest absolute Gasteiger partial charge is 0.159 e. The highest BCUT2D eigenvalue weighted by atomic mass is 16.5. The second-order valence-corrected chi connectivity index (χ2v) is 4.49. The topological polar surface area (TPSA) is 49.7 Å². The molecule has 1 aliphatic heterocycles. The van der Waals surface area contributed by atoms with Crippen molar-refractivity contribution in [1.82, 2.24) is 0 Å². The van der Waals surface area contributed by atoms with Crippen LogP contribution < -0.4 is 0 Å². The number of rotatable bonds is 3. The maximum atomic E-state index is 9.18. The summed E-state index contributed by atoms with van der Waals surface area (Å²) in [6, 6.07) is 0.